The van der Waals surface area contributed by atoms with Gasteiger partial charge in [-0.3, -0.25) is 0 Å². The van der Waals surface area contributed by atoms with Crippen LogP contribution in [-0.4, -0.2) is 11.8 Å². The van der Waals surface area contributed by atoms with Gasteiger partial charge in [0.25, 0.3) is 0 Å². The van der Waals surface area contributed by atoms with Crippen LogP contribution in [0.3, 0.4) is 0 Å². The molecule has 0 unspecified atom stereocenters. The average Bonchev–Trinajstić information content (AvgIpc) is 2.17. The molecule has 1 nitrogen and oxygen atoms in total. The van der Waals surface area contributed by atoms with Gasteiger partial charge in [0.2, 0.25) is 5.76 Å². The zero-order valence-electron chi connectivity index (χ0n) is 10.3. The second-order valence-electron chi connectivity index (χ2n) is 4.77. The highest BCUT2D eigenvalue weighted by atomic mass is 79.9. The third-order valence-electron chi connectivity index (χ3n) is 1.86. The van der Waals surface area contributed by atoms with Gasteiger partial charge in [-0.05, 0) is 44.5 Å². The number of halogens is 4. The van der Waals surface area contributed by atoms with Gasteiger partial charge in [0.1, 0.15) is 5.60 Å². The van der Waals surface area contributed by atoms with E-state index in [9.17, 15) is 13.2 Å². The van der Waals surface area contributed by atoms with E-state index in [0.717, 1.165) is 10.5 Å². The van der Waals surface area contributed by atoms with E-state index < -0.39 is 17.5 Å². The first-order chi connectivity index (χ1) is 8.08. The van der Waals surface area contributed by atoms with Crippen molar-refractivity contribution in [2.45, 2.75) is 32.5 Å². The van der Waals surface area contributed by atoms with Crippen LogP contribution in [0.2, 0.25) is 0 Å². The van der Waals surface area contributed by atoms with Crippen LogP contribution in [0, 0.1) is 0 Å². The molecule has 0 aromatic heterocycles. The van der Waals surface area contributed by atoms with E-state index in [1.165, 1.54) is 0 Å². The molecule has 0 amide bonds. The van der Waals surface area contributed by atoms with Crippen molar-refractivity contribution in [2.75, 3.05) is 0 Å². The van der Waals surface area contributed by atoms with Gasteiger partial charge in [0.05, 0.1) is 0 Å². The van der Waals surface area contributed by atoms with Crippen LogP contribution in [0.1, 0.15) is 26.3 Å². The molecule has 1 rings (SSSR count). The van der Waals surface area contributed by atoms with Crippen molar-refractivity contribution >= 4 is 22.0 Å². The Hall–Kier alpha value is -0.970. The predicted octanol–water partition coefficient (Wildman–Crippen LogP) is 5.17. The minimum absolute atomic E-state index is 0.440. The van der Waals surface area contributed by atoms with Crippen molar-refractivity contribution < 1.29 is 17.9 Å². The summed E-state index contributed by atoms with van der Waals surface area (Å²) in [5, 5.41) is 0. The largest absolute Gasteiger partial charge is 0.483 e. The molecule has 0 aliphatic carbocycles. The van der Waals surface area contributed by atoms with Gasteiger partial charge >= 0.3 is 6.18 Å². The average molecular weight is 323 g/mol. The molecule has 5 heteroatoms. The molecule has 0 N–H and O–H groups in total. The van der Waals surface area contributed by atoms with E-state index >= 15 is 0 Å². The molecular formula is C13H14BrF3O. The highest BCUT2D eigenvalue weighted by molar-refractivity contribution is 9.10. The summed E-state index contributed by atoms with van der Waals surface area (Å²) >= 11 is 3.23. The van der Waals surface area contributed by atoms with Crippen molar-refractivity contribution in [1.29, 1.82) is 0 Å². The molecule has 0 heterocycles. The van der Waals surface area contributed by atoms with Crippen molar-refractivity contribution in [3.8, 4) is 0 Å². The van der Waals surface area contributed by atoms with Crippen LogP contribution in [-0.2, 0) is 4.74 Å². The summed E-state index contributed by atoms with van der Waals surface area (Å²) in [7, 11) is 0. The minimum Gasteiger partial charge on any atom is -0.483 e. The number of alkyl halides is 3. The second-order valence-corrected chi connectivity index (χ2v) is 5.69. The van der Waals surface area contributed by atoms with Gasteiger partial charge in [0, 0.05) is 4.47 Å². The number of benzene rings is 1. The van der Waals surface area contributed by atoms with Crippen LogP contribution in [0.15, 0.2) is 34.5 Å². The summed E-state index contributed by atoms with van der Waals surface area (Å²) in [6.45, 7) is 4.73. The standard InChI is InChI=1S/C13H14BrF3O/c1-12(2,3)18-11(13(15,16)17)8-9-4-6-10(14)7-5-9/h4-8H,1-3H3/b11-8-. The molecule has 0 fully saturated rings. The lowest BCUT2D eigenvalue weighted by molar-refractivity contribution is -0.148. The molecular weight excluding hydrogens is 309 g/mol. The van der Waals surface area contributed by atoms with E-state index in [4.69, 9.17) is 4.74 Å². The fraction of sp³-hybridized carbons (Fsp3) is 0.385. The fourth-order valence-corrected chi connectivity index (χ4v) is 1.47. The van der Waals surface area contributed by atoms with E-state index in [1.807, 2.05) is 0 Å². The Kier molecular flexibility index (Phi) is 4.48. The lowest BCUT2D eigenvalue weighted by Crippen LogP contribution is -2.25. The maximum Gasteiger partial charge on any atom is 0.448 e. The van der Waals surface area contributed by atoms with E-state index in [0.29, 0.717) is 5.56 Å². The monoisotopic (exact) mass is 322 g/mol. The highest BCUT2D eigenvalue weighted by Crippen LogP contribution is 2.31. The Morgan fingerprint density at radius 1 is 1.11 bits per heavy atom. The summed E-state index contributed by atoms with van der Waals surface area (Å²) < 4.78 is 44.2. The molecule has 0 saturated heterocycles. The molecule has 1 aromatic carbocycles. The fourth-order valence-electron chi connectivity index (χ4n) is 1.21. The Balaban J connectivity index is 3.07. The van der Waals surface area contributed by atoms with Crippen molar-refractivity contribution in [3.63, 3.8) is 0 Å². The van der Waals surface area contributed by atoms with E-state index in [-0.39, 0.29) is 0 Å². The highest BCUT2D eigenvalue weighted by Gasteiger charge is 2.38. The minimum atomic E-state index is -4.50. The topological polar surface area (TPSA) is 9.23 Å². The number of ether oxygens (including phenoxy) is 1. The Bertz CT molecular complexity index is 427. The van der Waals surface area contributed by atoms with Crippen LogP contribution in [0.25, 0.3) is 6.08 Å². The van der Waals surface area contributed by atoms with Gasteiger partial charge in [-0.25, -0.2) is 0 Å². The lowest BCUT2D eigenvalue weighted by atomic mass is 10.1. The normalized spacial score (nSPS) is 13.6. The van der Waals surface area contributed by atoms with Gasteiger partial charge in [0.15, 0.2) is 0 Å². The first-order valence-corrected chi connectivity index (χ1v) is 6.11. The first kappa shape index (κ1) is 15.1. The van der Waals surface area contributed by atoms with Gasteiger partial charge in [-0.1, -0.05) is 28.1 Å². The molecule has 18 heavy (non-hydrogen) atoms. The first-order valence-electron chi connectivity index (χ1n) is 5.31. The summed E-state index contributed by atoms with van der Waals surface area (Å²) in [5.74, 6) is -0.989. The van der Waals surface area contributed by atoms with Gasteiger partial charge < -0.3 is 4.74 Å². The Morgan fingerprint density at radius 3 is 2.00 bits per heavy atom. The van der Waals surface area contributed by atoms with Gasteiger partial charge in [-0.2, -0.15) is 13.2 Å². The van der Waals surface area contributed by atoms with Crippen LogP contribution >= 0.6 is 15.9 Å². The number of rotatable bonds is 2. The summed E-state index contributed by atoms with van der Waals surface area (Å²) in [4.78, 5) is 0. The van der Waals surface area contributed by atoms with Crippen LogP contribution in [0.4, 0.5) is 13.2 Å². The molecule has 0 aliphatic rings. The van der Waals surface area contributed by atoms with Crippen molar-refractivity contribution in [3.05, 3.63) is 40.1 Å². The maximum absolute atomic E-state index is 12.8. The Labute approximate surface area is 113 Å². The Morgan fingerprint density at radius 2 is 1.61 bits per heavy atom. The number of hydrogen-bond acceptors (Lipinski definition) is 1. The summed E-state index contributed by atoms with van der Waals surface area (Å²) in [6, 6.07) is 6.53. The zero-order valence-corrected chi connectivity index (χ0v) is 11.9. The SMILES string of the molecule is CC(C)(C)O/C(=C\c1ccc(Br)cc1)C(F)(F)F. The lowest BCUT2D eigenvalue weighted by Gasteiger charge is -2.24. The van der Waals surface area contributed by atoms with Crippen LogP contribution < -0.4 is 0 Å². The van der Waals surface area contributed by atoms with E-state index in [2.05, 4.69) is 15.9 Å². The quantitative estimate of drug-likeness (QED) is 0.683. The molecule has 0 saturated carbocycles. The maximum atomic E-state index is 12.8. The smallest absolute Gasteiger partial charge is 0.448 e. The molecule has 0 spiro atoms. The van der Waals surface area contributed by atoms with Crippen molar-refractivity contribution in [2.24, 2.45) is 0 Å². The van der Waals surface area contributed by atoms with Gasteiger partial charge in [-0.15, -0.1) is 0 Å². The summed E-state index contributed by atoms with van der Waals surface area (Å²) in [6.07, 6.45) is -3.50. The predicted molar refractivity (Wildman–Crippen MR) is 69.0 cm³/mol. The number of allylic oxidation sites excluding steroid dienone is 1. The summed E-state index contributed by atoms with van der Waals surface area (Å²) in [5.41, 5.74) is -0.453. The second kappa shape index (κ2) is 5.34. The number of hydrogen-bond donors (Lipinski definition) is 0. The van der Waals surface area contributed by atoms with E-state index in [1.54, 1.807) is 45.0 Å². The molecule has 0 radical (unpaired) electrons. The van der Waals surface area contributed by atoms with Crippen LogP contribution in [0.5, 0.6) is 0 Å². The molecule has 0 aliphatic heterocycles. The third-order valence-corrected chi connectivity index (χ3v) is 2.39. The third kappa shape index (κ3) is 5.12. The molecule has 100 valence electrons. The molecule has 0 atom stereocenters. The molecule has 0 bridgehead atoms. The van der Waals surface area contributed by atoms with Crippen molar-refractivity contribution in [1.82, 2.24) is 0 Å². The zero-order chi connectivity index (χ0) is 14.0. The molecule has 1 aromatic rings.